The monoisotopic (exact) mass is 378 g/mol. The molecule has 3 rings (SSSR count). The number of rotatable bonds is 4. The largest absolute Gasteiger partial charge is 0.340 e. The lowest BCUT2D eigenvalue weighted by molar-refractivity contribution is 0.0643. The normalized spacial score (nSPS) is 15.2. The van der Waals surface area contributed by atoms with Crippen molar-refractivity contribution in [2.75, 3.05) is 38.0 Å². The molecule has 1 aromatic heterocycles. The van der Waals surface area contributed by atoms with Crippen molar-refractivity contribution in [3.8, 4) is 0 Å². The van der Waals surface area contributed by atoms with Gasteiger partial charge in [-0.2, -0.15) is 0 Å². The number of likely N-dealkylation sites (N-methyl/N-ethyl adjacent to an activating group) is 1. The zero-order valence-corrected chi connectivity index (χ0v) is 15.5. The van der Waals surface area contributed by atoms with Gasteiger partial charge in [-0.05, 0) is 36.9 Å². The first-order valence-corrected chi connectivity index (χ1v) is 9.01. The summed E-state index contributed by atoms with van der Waals surface area (Å²) >= 11 is 12.0. The highest BCUT2D eigenvalue weighted by Gasteiger charge is 2.21. The maximum absolute atomic E-state index is 12.7. The van der Waals surface area contributed by atoms with E-state index < -0.39 is 0 Å². The van der Waals surface area contributed by atoms with Gasteiger partial charge < -0.3 is 15.1 Å². The Morgan fingerprint density at radius 2 is 1.80 bits per heavy atom. The van der Waals surface area contributed by atoms with Crippen LogP contribution in [-0.4, -0.2) is 53.4 Å². The van der Waals surface area contributed by atoms with Gasteiger partial charge in [-0.1, -0.05) is 30.1 Å². The fraction of sp³-hybridized carbons (Fsp3) is 0.333. The van der Waals surface area contributed by atoms with Gasteiger partial charge in [0.15, 0.2) is 0 Å². The Morgan fingerprint density at radius 1 is 1.12 bits per heavy atom. The molecule has 0 saturated carbocycles. The molecule has 0 aliphatic carbocycles. The third-order valence-corrected chi connectivity index (χ3v) is 4.69. The molecule has 0 spiro atoms. The van der Waals surface area contributed by atoms with Crippen LogP contribution < -0.4 is 5.32 Å². The average Bonchev–Trinajstić information content (AvgIpc) is 2.60. The number of anilines is 2. The quantitative estimate of drug-likeness (QED) is 0.875. The topological polar surface area (TPSA) is 48.5 Å². The molecule has 1 fully saturated rings. The number of carbonyl (C=O) groups is 1. The Morgan fingerprint density at radius 3 is 2.44 bits per heavy atom. The minimum absolute atomic E-state index is 0.0327. The van der Waals surface area contributed by atoms with E-state index in [1.54, 1.807) is 36.5 Å². The smallest absolute Gasteiger partial charge is 0.254 e. The SMILES string of the molecule is CCN1CCN(C(=O)c2ccnc(Nc3cc(Cl)cc(Cl)c3)c2)CC1. The molecule has 1 aromatic carbocycles. The molecule has 1 N–H and O–H groups in total. The number of hydrogen-bond acceptors (Lipinski definition) is 4. The van der Waals surface area contributed by atoms with E-state index >= 15 is 0 Å². The van der Waals surface area contributed by atoms with Crippen LogP contribution in [0.5, 0.6) is 0 Å². The van der Waals surface area contributed by atoms with E-state index in [2.05, 4.69) is 22.1 Å². The van der Waals surface area contributed by atoms with Gasteiger partial charge in [0.2, 0.25) is 0 Å². The second-order valence-corrected chi connectivity index (χ2v) is 6.81. The van der Waals surface area contributed by atoms with Crippen LogP contribution in [-0.2, 0) is 0 Å². The Bertz CT molecular complexity index is 740. The lowest BCUT2D eigenvalue weighted by atomic mass is 10.2. The number of aromatic nitrogens is 1. The van der Waals surface area contributed by atoms with Crippen molar-refractivity contribution in [2.24, 2.45) is 0 Å². The van der Waals surface area contributed by atoms with Crippen molar-refractivity contribution in [3.63, 3.8) is 0 Å². The number of halogens is 2. The van der Waals surface area contributed by atoms with Crippen LogP contribution in [0.25, 0.3) is 0 Å². The zero-order valence-electron chi connectivity index (χ0n) is 14.0. The summed E-state index contributed by atoms with van der Waals surface area (Å²) in [7, 11) is 0. The number of hydrogen-bond donors (Lipinski definition) is 1. The van der Waals surface area contributed by atoms with Crippen molar-refractivity contribution in [3.05, 3.63) is 52.1 Å². The number of nitrogens with one attached hydrogen (secondary N) is 1. The Balaban J connectivity index is 1.71. The van der Waals surface area contributed by atoms with Crippen LogP contribution >= 0.6 is 23.2 Å². The molecule has 1 saturated heterocycles. The van der Waals surface area contributed by atoms with Gasteiger partial charge in [0.1, 0.15) is 5.82 Å². The zero-order chi connectivity index (χ0) is 17.8. The van der Waals surface area contributed by atoms with Gasteiger partial charge in [-0.15, -0.1) is 0 Å². The highest BCUT2D eigenvalue weighted by atomic mass is 35.5. The van der Waals surface area contributed by atoms with E-state index in [0.29, 0.717) is 21.4 Å². The number of carbonyl (C=O) groups excluding carboxylic acids is 1. The Kier molecular flexibility index (Phi) is 5.78. The molecule has 132 valence electrons. The molecule has 7 heteroatoms. The molecule has 2 aromatic rings. The number of amides is 1. The fourth-order valence-electron chi connectivity index (χ4n) is 2.86. The standard InChI is InChI=1S/C18H20Cl2N4O/c1-2-23-5-7-24(8-6-23)18(25)13-3-4-21-17(9-13)22-16-11-14(19)10-15(20)12-16/h3-4,9-12H,2,5-8H2,1H3,(H,21,22). The van der Waals surface area contributed by atoms with Gasteiger partial charge in [0.25, 0.3) is 5.91 Å². The Hall–Kier alpha value is -1.82. The first-order chi connectivity index (χ1) is 12.0. The molecule has 0 bridgehead atoms. The summed E-state index contributed by atoms with van der Waals surface area (Å²) in [4.78, 5) is 21.2. The summed E-state index contributed by atoms with van der Waals surface area (Å²) in [6.45, 7) is 6.50. The summed E-state index contributed by atoms with van der Waals surface area (Å²) in [5, 5.41) is 4.22. The molecule has 0 radical (unpaired) electrons. The van der Waals surface area contributed by atoms with Crippen molar-refractivity contribution in [1.29, 1.82) is 0 Å². The van der Waals surface area contributed by atoms with Gasteiger partial charge in [0, 0.05) is 53.7 Å². The maximum Gasteiger partial charge on any atom is 0.254 e. The third-order valence-electron chi connectivity index (χ3n) is 4.25. The maximum atomic E-state index is 12.7. The molecule has 1 aliphatic rings. The number of pyridine rings is 1. The summed E-state index contributed by atoms with van der Waals surface area (Å²) in [6.07, 6.45) is 1.63. The highest BCUT2D eigenvalue weighted by Crippen LogP contribution is 2.25. The predicted octanol–water partition coefficient (Wildman–Crippen LogP) is 3.91. The Labute approximate surface area is 157 Å². The van der Waals surface area contributed by atoms with Crippen molar-refractivity contribution >= 4 is 40.6 Å². The van der Waals surface area contributed by atoms with Crippen LogP contribution in [0.1, 0.15) is 17.3 Å². The van der Waals surface area contributed by atoms with Gasteiger partial charge >= 0.3 is 0 Å². The third kappa shape index (κ3) is 4.63. The summed E-state index contributed by atoms with van der Waals surface area (Å²) in [6, 6.07) is 8.67. The highest BCUT2D eigenvalue weighted by molar-refractivity contribution is 6.35. The molecule has 25 heavy (non-hydrogen) atoms. The first kappa shape index (κ1) is 18.0. The van der Waals surface area contributed by atoms with E-state index in [1.807, 2.05) is 4.90 Å². The van der Waals surface area contributed by atoms with E-state index in [4.69, 9.17) is 23.2 Å². The second kappa shape index (κ2) is 8.04. The van der Waals surface area contributed by atoms with E-state index in [1.165, 1.54) is 0 Å². The second-order valence-electron chi connectivity index (χ2n) is 5.94. The van der Waals surface area contributed by atoms with Crippen molar-refractivity contribution < 1.29 is 4.79 Å². The molecule has 1 amide bonds. The van der Waals surface area contributed by atoms with Crippen LogP contribution in [0.15, 0.2) is 36.5 Å². The number of piperazine rings is 1. The molecule has 2 heterocycles. The molecular formula is C18H20Cl2N4O. The van der Waals surface area contributed by atoms with Gasteiger partial charge in [-0.3, -0.25) is 4.79 Å². The summed E-state index contributed by atoms with van der Waals surface area (Å²) < 4.78 is 0. The minimum Gasteiger partial charge on any atom is -0.340 e. The lowest BCUT2D eigenvalue weighted by Gasteiger charge is -2.34. The summed E-state index contributed by atoms with van der Waals surface area (Å²) in [5.74, 6) is 0.613. The number of benzene rings is 1. The van der Waals surface area contributed by atoms with E-state index in [-0.39, 0.29) is 5.91 Å². The minimum atomic E-state index is 0.0327. The molecule has 1 aliphatic heterocycles. The van der Waals surface area contributed by atoms with Gasteiger partial charge in [-0.25, -0.2) is 4.98 Å². The van der Waals surface area contributed by atoms with Gasteiger partial charge in [0.05, 0.1) is 0 Å². The molecular weight excluding hydrogens is 359 g/mol. The molecule has 0 unspecified atom stereocenters. The summed E-state index contributed by atoms with van der Waals surface area (Å²) in [5.41, 5.74) is 1.35. The van der Waals surface area contributed by atoms with Crippen molar-refractivity contribution in [1.82, 2.24) is 14.8 Å². The predicted molar refractivity (Wildman–Crippen MR) is 102 cm³/mol. The van der Waals surface area contributed by atoms with Crippen LogP contribution in [0.3, 0.4) is 0 Å². The molecule has 5 nitrogen and oxygen atoms in total. The van der Waals surface area contributed by atoms with E-state index in [9.17, 15) is 4.79 Å². The fourth-order valence-corrected chi connectivity index (χ4v) is 3.38. The number of nitrogens with zero attached hydrogens (tertiary/aromatic N) is 3. The lowest BCUT2D eigenvalue weighted by Crippen LogP contribution is -2.48. The van der Waals surface area contributed by atoms with Crippen LogP contribution in [0.2, 0.25) is 10.0 Å². The molecule has 0 atom stereocenters. The average molecular weight is 379 g/mol. The van der Waals surface area contributed by atoms with Crippen molar-refractivity contribution in [2.45, 2.75) is 6.92 Å². The first-order valence-electron chi connectivity index (χ1n) is 8.26. The van der Waals surface area contributed by atoms with E-state index in [0.717, 1.165) is 38.4 Å². The van der Waals surface area contributed by atoms with Crippen LogP contribution in [0, 0.1) is 0 Å². The van der Waals surface area contributed by atoms with Crippen LogP contribution in [0.4, 0.5) is 11.5 Å².